The molecule has 30 heavy (non-hydrogen) atoms. The van der Waals surface area contributed by atoms with Gasteiger partial charge < -0.3 is 9.31 Å². The maximum Gasteiger partial charge on any atom is 0.495 e. The first-order valence-corrected chi connectivity index (χ1v) is 13.8. The fourth-order valence-corrected chi connectivity index (χ4v) is 7.98. The third-order valence-electron chi connectivity index (χ3n) is 7.35. The molecule has 4 heteroatoms. The molecule has 0 N–H and O–H groups in total. The van der Waals surface area contributed by atoms with Gasteiger partial charge in [-0.2, -0.15) is 23.5 Å². The molecule has 0 unspecified atom stereocenters. The van der Waals surface area contributed by atoms with E-state index in [0.717, 1.165) is 5.46 Å². The molecule has 3 aromatic carbocycles. The van der Waals surface area contributed by atoms with E-state index in [4.69, 9.17) is 9.31 Å². The normalized spacial score (nSPS) is 20.1. The van der Waals surface area contributed by atoms with Crippen LogP contribution in [0.1, 0.15) is 27.7 Å². The molecule has 5 rings (SSSR count). The first-order chi connectivity index (χ1) is 14.1. The molecule has 3 aromatic rings. The molecule has 0 radical (unpaired) electrons. The smallest absolute Gasteiger partial charge is 0.399 e. The SMILES string of the molecule is CC1(C)OB(c2cccc3c2-c2c(-c4ccccc4)cccc2[Si-]3(C)C)OC1(C)C. The lowest BCUT2D eigenvalue weighted by atomic mass is 9.73. The third kappa shape index (κ3) is 2.71. The van der Waals surface area contributed by atoms with Crippen LogP contribution in [0.2, 0.25) is 13.1 Å². The summed E-state index contributed by atoms with van der Waals surface area (Å²) in [5.74, 6) is 0. The highest BCUT2D eigenvalue weighted by molar-refractivity contribution is 7.04. The predicted molar refractivity (Wildman–Crippen MR) is 130 cm³/mol. The summed E-state index contributed by atoms with van der Waals surface area (Å²) in [5.41, 5.74) is 5.73. The standard InChI is InChI=1S/C26H29BO2Si/c1-25(2)26(3,4)29-27(28-25)20-15-11-17-22-24(20)23-19(18-12-8-7-9-13-18)14-10-16-21(23)30(22,5)6/h7-17H,1-6H3/q-1. The van der Waals surface area contributed by atoms with Crippen molar-refractivity contribution in [2.45, 2.75) is 52.0 Å². The molecule has 0 aliphatic carbocycles. The van der Waals surface area contributed by atoms with E-state index in [1.165, 1.54) is 32.6 Å². The lowest BCUT2D eigenvalue weighted by Crippen LogP contribution is -2.50. The Morgan fingerprint density at radius 1 is 0.667 bits per heavy atom. The van der Waals surface area contributed by atoms with Crippen LogP contribution >= 0.6 is 0 Å². The summed E-state index contributed by atoms with van der Waals surface area (Å²) in [6.45, 7) is 13.4. The summed E-state index contributed by atoms with van der Waals surface area (Å²) in [6.07, 6.45) is 0. The van der Waals surface area contributed by atoms with Gasteiger partial charge in [0.05, 0.1) is 11.2 Å². The zero-order chi connectivity index (χ0) is 21.3. The fourth-order valence-electron chi connectivity index (χ4n) is 4.88. The molecule has 2 aliphatic heterocycles. The summed E-state index contributed by atoms with van der Waals surface area (Å²) in [7, 11) is -2.17. The van der Waals surface area contributed by atoms with E-state index in [1.54, 1.807) is 0 Å². The minimum Gasteiger partial charge on any atom is -0.399 e. The van der Waals surface area contributed by atoms with Gasteiger partial charge in [-0.05, 0) is 49.8 Å². The van der Waals surface area contributed by atoms with Gasteiger partial charge in [0.15, 0.2) is 0 Å². The highest BCUT2D eigenvalue weighted by Gasteiger charge is 2.52. The molecule has 2 nitrogen and oxygen atoms in total. The minimum atomic E-state index is -1.81. The first-order valence-electron chi connectivity index (χ1n) is 10.8. The molecule has 1 saturated heterocycles. The third-order valence-corrected chi connectivity index (χ3v) is 10.9. The Balaban J connectivity index is 1.77. The molecule has 0 aromatic heterocycles. The van der Waals surface area contributed by atoms with Gasteiger partial charge >= 0.3 is 7.12 Å². The Kier molecular flexibility index (Phi) is 4.24. The quantitative estimate of drug-likeness (QED) is 0.579. The molecular weight excluding hydrogens is 383 g/mol. The second kappa shape index (κ2) is 6.43. The Morgan fingerprint density at radius 2 is 1.23 bits per heavy atom. The summed E-state index contributed by atoms with van der Waals surface area (Å²) < 4.78 is 13.0. The van der Waals surface area contributed by atoms with Crippen molar-refractivity contribution in [1.82, 2.24) is 0 Å². The molecule has 1 fully saturated rings. The monoisotopic (exact) mass is 412 g/mol. The molecule has 2 heterocycles. The highest BCUT2D eigenvalue weighted by atomic mass is 28.3. The van der Waals surface area contributed by atoms with Crippen molar-refractivity contribution in [2.24, 2.45) is 0 Å². The number of benzene rings is 3. The maximum absolute atomic E-state index is 6.50. The van der Waals surface area contributed by atoms with Gasteiger partial charge in [0.1, 0.15) is 0 Å². The van der Waals surface area contributed by atoms with Crippen molar-refractivity contribution in [3.8, 4) is 22.3 Å². The van der Waals surface area contributed by atoms with Gasteiger partial charge in [-0.15, -0.1) is 0 Å². The van der Waals surface area contributed by atoms with Crippen molar-refractivity contribution < 1.29 is 9.31 Å². The first kappa shape index (κ1) is 19.8. The average Bonchev–Trinajstić information content (AvgIpc) is 3.08. The van der Waals surface area contributed by atoms with Crippen LogP contribution in [-0.4, -0.2) is 26.4 Å². The molecule has 0 bridgehead atoms. The number of rotatable bonds is 2. The van der Waals surface area contributed by atoms with Crippen molar-refractivity contribution in [1.29, 1.82) is 0 Å². The Morgan fingerprint density at radius 3 is 1.87 bits per heavy atom. The maximum atomic E-state index is 6.50. The highest BCUT2D eigenvalue weighted by Crippen LogP contribution is 2.40. The van der Waals surface area contributed by atoms with Gasteiger partial charge in [0, 0.05) is 0 Å². The van der Waals surface area contributed by atoms with Crippen LogP contribution in [0.5, 0.6) is 0 Å². The second-order valence-corrected chi connectivity index (χ2v) is 14.4. The minimum absolute atomic E-state index is 0.353. The van der Waals surface area contributed by atoms with Crippen LogP contribution in [0, 0.1) is 0 Å². The molecule has 0 amide bonds. The summed E-state index contributed by atoms with van der Waals surface area (Å²) in [6, 6.07) is 24.2. The summed E-state index contributed by atoms with van der Waals surface area (Å²) in [4.78, 5) is 0. The van der Waals surface area contributed by atoms with E-state index in [9.17, 15) is 0 Å². The number of hydrogen-bond donors (Lipinski definition) is 0. The average molecular weight is 412 g/mol. The number of hydrogen-bond acceptors (Lipinski definition) is 2. The largest absolute Gasteiger partial charge is 0.495 e. The van der Waals surface area contributed by atoms with Crippen LogP contribution in [0.25, 0.3) is 22.3 Å². The van der Waals surface area contributed by atoms with Gasteiger partial charge in [-0.3, -0.25) is 0 Å². The Bertz CT molecular complexity index is 1120. The zero-order valence-electron chi connectivity index (χ0n) is 18.7. The van der Waals surface area contributed by atoms with E-state index in [1.807, 2.05) is 0 Å². The van der Waals surface area contributed by atoms with E-state index < -0.39 is 8.07 Å². The summed E-state index contributed by atoms with van der Waals surface area (Å²) >= 11 is 0. The Labute approximate surface area is 181 Å². The fraction of sp³-hybridized carbons (Fsp3) is 0.308. The van der Waals surface area contributed by atoms with Crippen LogP contribution < -0.4 is 15.8 Å². The van der Waals surface area contributed by atoms with E-state index in [0.29, 0.717) is 0 Å². The van der Waals surface area contributed by atoms with E-state index in [-0.39, 0.29) is 18.3 Å². The van der Waals surface area contributed by atoms with Crippen LogP contribution in [-0.2, 0) is 9.31 Å². The molecule has 2 aliphatic rings. The lowest BCUT2D eigenvalue weighted by Gasteiger charge is -2.32. The van der Waals surface area contributed by atoms with Crippen LogP contribution in [0.3, 0.4) is 0 Å². The second-order valence-electron chi connectivity index (χ2n) is 10.1. The van der Waals surface area contributed by atoms with Gasteiger partial charge in [-0.1, -0.05) is 80.4 Å². The van der Waals surface area contributed by atoms with Crippen molar-refractivity contribution in [3.05, 3.63) is 66.7 Å². The number of fused-ring (bicyclic) bond motifs is 3. The molecule has 0 spiro atoms. The van der Waals surface area contributed by atoms with Crippen molar-refractivity contribution in [3.63, 3.8) is 0 Å². The lowest BCUT2D eigenvalue weighted by molar-refractivity contribution is 0.00578. The van der Waals surface area contributed by atoms with Crippen molar-refractivity contribution in [2.75, 3.05) is 0 Å². The topological polar surface area (TPSA) is 18.5 Å². The molecule has 0 saturated carbocycles. The van der Waals surface area contributed by atoms with Gasteiger partial charge in [0.2, 0.25) is 0 Å². The molecule has 153 valence electrons. The van der Waals surface area contributed by atoms with E-state index in [2.05, 4.69) is 108 Å². The molecule has 0 atom stereocenters. The van der Waals surface area contributed by atoms with Gasteiger partial charge in [0.25, 0.3) is 0 Å². The summed E-state index contributed by atoms with van der Waals surface area (Å²) in [5, 5.41) is 2.98. The van der Waals surface area contributed by atoms with Crippen LogP contribution in [0.4, 0.5) is 0 Å². The van der Waals surface area contributed by atoms with Crippen molar-refractivity contribution >= 4 is 31.0 Å². The Hall–Kier alpha value is -2.14. The molecular formula is C26H29BO2Si-. The predicted octanol–water partition coefficient (Wildman–Crippen LogP) is 4.46. The van der Waals surface area contributed by atoms with E-state index >= 15 is 0 Å². The van der Waals surface area contributed by atoms with Gasteiger partial charge in [-0.25, -0.2) is 0 Å². The zero-order valence-corrected chi connectivity index (χ0v) is 19.7. The van der Waals surface area contributed by atoms with Crippen LogP contribution in [0.15, 0.2) is 66.7 Å².